The molecule has 0 spiro atoms. The Balaban J connectivity index is 1.40. The predicted molar refractivity (Wildman–Crippen MR) is 155 cm³/mol. The Morgan fingerprint density at radius 2 is 1.68 bits per heavy atom. The first-order valence-corrected chi connectivity index (χ1v) is 14.5. The third-order valence-electron chi connectivity index (χ3n) is 7.33. The lowest BCUT2D eigenvalue weighted by Crippen LogP contribution is -2.33. The summed E-state index contributed by atoms with van der Waals surface area (Å²) in [7, 11) is 1.53. The standard InChI is InChI=1S/C30H24FN3O5S2/c1-16-5-3-4-6-21(16)32-22(35)15-33-29-26(41-30(33)38)23(17-7-9-18(31)10-8-17)24-25(40-29)28(37)34(27(24)36)19-11-13-20(39-2)14-12-19/h3-14,23-25H,15H2,1-2H3,(H,32,35)/t23-,24-,25+/m0/s1. The molecule has 1 saturated heterocycles. The van der Waals surface area contributed by atoms with Crippen molar-refractivity contribution in [1.29, 1.82) is 0 Å². The number of methoxy groups -OCH3 is 1. The molecule has 0 unspecified atom stereocenters. The van der Waals surface area contributed by atoms with Gasteiger partial charge < -0.3 is 10.1 Å². The van der Waals surface area contributed by atoms with Gasteiger partial charge in [0.2, 0.25) is 17.7 Å². The number of nitrogens with zero attached hydrogens (tertiary/aromatic N) is 2. The maximum atomic E-state index is 13.9. The number of hydrogen-bond acceptors (Lipinski definition) is 7. The summed E-state index contributed by atoms with van der Waals surface area (Å²) in [5.74, 6) is -2.56. The molecule has 1 N–H and O–H groups in total. The maximum absolute atomic E-state index is 13.9. The van der Waals surface area contributed by atoms with Gasteiger partial charge in [0.1, 0.15) is 23.4 Å². The number of hydrogen-bond donors (Lipinski definition) is 1. The molecule has 3 atom stereocenters. The number of benzene rings is 3. The molecule has 6 rings (SSSR count). The van der Waals surface area contributed by atoms with Gasteiger partial charge in [-0.05, 0) is 60.5 Å². The van der Waals surface area contributed by atoms with Crippen LogP contribution in [0.15, 0.2) is 82.6 Å². The van der Waals surface area contributed by atoms with Gasteiger partial charge in [-0.3, -0.25) is 23.7 Å². The molecule has 0 aliphatic carbocycles. The van der Waals surface area contributed by atoms with Crippen LogP contribution in [0.5, 0.6) is 5.75 Å². The number of imide groups is 1. The van der Waals surface area contributed by atoms with Gasteiger partial charge in [-0.2, -0.15) is 0 Å². The number of thiazole rings is 1. The Hall–Kier alpha value is -4.22. The van der Waals surface area contributed by atoms with Crippen molar-refractivity contribution in [1.82, 2.24) is 4.57 Å². The van der Waals surface area contributed by atoms with Crippen LogP contribution in [0.25, 0.3) is 0 Å². The summed E-state index contributed by atoms with van der Waals surface area (Å²) in [6, 6.07) is 19.7. The van der Waals surface area contributed by atoms with E-state index in [0.717, 1.165) is 28.7 Å². The van der Waals surface area contributed by atoms with E-state index in [-0.39, 0.29) is 11.4 Å². The maximum Gasteiger partial charge on any atom is 0.308 e. The zero-order chi connectivity index (χ0) is 28.8. The smallest absolute Gasteiger partial charge is 0.308 e. The number of amides is 3. The number of para-hydroxylation sites is 1. The number of carbonyl (C=O) groups is 3. The molecule has 0 bridgehead atoms. The zero-order valence-electron chi connectivity index (χ0n) is 22.0. The van der Waals surface area contributed by atoms with Crippen molar-refractivity contribution >= 4 is 52.2 Å². The summed E-state index contributed by atoms with van der Waals surface area (Å²) < 4.78 is 20.5. The van der Waals surface area contributed by atoms with Crippen molar-refractivity contribution < 1.29 is 23.5 Å². The van der Waals surface area contributed by atoms with Gasteiger partial charge in [-0.1, -0.05) is 53.4 Å². The predicted octanol–water partition coefficient (Wildman–Crippen LogP) is 4.80. The number of rotatable bonds is 6. The van der Waals surface area contributed by atoms with E-state index < -0.39 is 40.6 Å². The summed E-state index contributed by atoms with van der Waals surface area (Å²) in [6.45, 7) is 1.61. The first kappa shape index (κ1) is 27.0. The first-order chi connectivity index (χ1) is 19.8. The molecule has 4 aromatic rings. The normalized spacial score (nSPS) is 19.6. The minimum absolute atomic E-state index is 0.260. The van der Waals surface area contributed by atoms with Gasteiger partial charge in [-0.15, -0.1) is 0 Å². The van der Waals surface area contributed by atoms with Gasteiger partial charge in [0, 0.05) is 16.5 Å². The third kappa shape index (κ3) is 4.74. The molecule has 3 amide bonds. The second kappa shape index (κ2) is 10.6. The Bertz CT molecular complexity index is 1730. The van der Waals surface area contributed by atoms with Crippen LogP contribution in [0.3, 0.4) is 0 Å². The summed E-state index contributed by atoms with van der Waals surface area (Å²) in [5.41, 5.74) is 2.53. The number of fused-ring (bicyclic) bond motifs is 2. The fourth-order valence-electron chi connectivity index (χ4n) is 5.32. The molecular weight excluding hydrogens is 565 g/mol. The minimum Gasteiger partial charge on any atom is -0.497 e. The molecular formula is C30H24FN3O5S2. The highest BCUT2D eigenvalue weighted by Crippen LogP contribution is 2.53. The number of carbonyl (C=O) groups excluding carboxylic acids is 3. The lowest BCUT2D eigenvalue weighted by molar-refractivity contribution is -0.122. The van der Waals surface area contributed by atoms with Crippen molar-refractivity contribution in [2.75, 3.05) is 17.3 Å². The van der Waals surface area contributed by atoms with Gasteiger partial charge in [0.15, 0.2) is 0 Å². The van der Waals surface area contributed by atoms with Gasteiger partial charge in [-0.25, -0.2) is 9.29 Å². The molecule has 1 aromatic heterocycles. The van der Waals surface area contributed by atoms with Gasteiger partial charge in [0.05, 0.1) is 23.7 Å². The van der Waals surface area contributed by atoms with Crippen molar-refractivity contribution in [2.24, 2.45) is 5.92 Å². The van der Waals surface area contributed by atoms with Crippen LogP contribution >= 0.6 is 23.1 Å². The highest BCUT2D eigenvalue weighted by molar-refractivity contribution is 8.00. The Labute approximate surface area is 242 Å². The highest BCUT2D eigenvalue weighted by Gasteiger charge is 2.56. The fourth-order valence-corrected chi connectivity index (χ4v) is 8.09. The van der Waals surface area contributed by atoms with Crippen LogP contribution in [0, 0.1) is 18.7 Å². The molecule has 8 nitrogen and oxygen atoms in total. The number of aryl methyl sites for hydroxylation is 1. The molecule has 208 valence electrons. The minimum atomic E-state index is -0.841. The number of aromatic nitrogens is 1. The summed E-state index contributed by atoms with van der Waals surface area (Å²) in [5, 5.41) is 2.47. The molecule has 0 saturated carbocycles. The molecule has 3 heterocycles. The van der Waals surface area contributed by atoms with E-state index in [2.05, 4.69) is 5.32 Å². The largest absolute Gasteiger partial charge is 0.497 e. The number of thioether (sulfide) groups is 1. The molecule has 41 heavy (non-hydrogen) atoms. The molecule has 0 radical (unpaired) electrons. The average molecular weight is 590 g/mol. The quantitative estimate of drug-likeness (QED) is 0.325. The molecule has 3 aromatic carbocycles. The van der Waals surface area contributed by atoms with Gasteiger partial charge in [0.25, 0.3) is 0 Å². The molecule has 11 heteroatoms. The van der Waals surface area contributed by atoms with Crippen LogP contribution in [0.4, 0.5) is 15.8 Å². The van der Waals surface area contributed by atoms with Crippen LogP contribution in [0.1, 0.15) is 21.9 Å². The van der Waals surface area contributed by atoms with Crippen molar-refractivity contribution in [3.05, 3.63) is 104 Å². The van der Waals surface area contributed by atoms with Crippen molar-refractivity contribution in [3.8, 4) is 5.75 Å². The van der Waals surface area contributed by atoms with Crippen molar-refractivity contribution in [3.63, 3.8) is 0 Å². The second-order valence-corrected chi connectivity index (χ2v) is 11.9. The first-order valence-electron chi connectivity index (χ1n) is 12.8. The Kier molecular flexibility index (Phi) is 7.00. The monoisotopic (exact) mass is 589 g/mol. The molecule has 2 aliphatic heterocycles. The van der Waals surface area contributed by atoms with Crippen LogP contribution in [-0.2, 0) is 20.9 Å². The fraction of sp³-hybridized carbons (Fsp3) is 0.200. The average Bonchev–Trinajstić information content (AvgIpc) is 3.41. The van der Waals surface area contributed by atoms with E-state index >= 15 is 0 Å². The third-order valence-corrected chi connectivity index (χ3v) is 9.93. The van der Waals surface area contributed by atoms with Crippen LogP contribution in [0.2, 0.25) is 0 Å². The second-order valence-electron chi connectivity index (χ2n) is 9.79. The highest BCUT2D eigenvalue weighted by atomic mass is 32.2. The molecule has 1 fully saturated rings. The van der Waals surface area contributed by atoms with Crippen molar-refractivity contribution in [2.45, 2.75) is 29.7 Å². The summed E-state index contributed by atoms with van der Waals surface area (Å²) >= 11 is 2.07. The van der Waals surface area contributed by atoms with Crippen LogP contribution < -0.4 is 19.8 Å². The number of halogens is 1. The van der Waals surface area contributed by atoms with E-state index in [1.54, 1.807) is 42.5 Å². The number of ether oxygens (including phenoxy) is 1. The van der Waals surface area contributed by atoms with E-state index in [9.17, 15) is 23.6 Å². The zero-order valence-corrected chi connectivity index (χ0v) is 23.6. The topological polar surface area (TPSA) is 97.7 Å². The number of anilines is 2. The summed E-state index contributed by atoms with van der Waals surface area (Å²) in [4.78, 5) is 55.4. The lowest BCUT2D eigenvalue weighted by atomic mass is 9.83. The lowest BCUT2D eigenvalue weighted by Gasteiger charge is -2.30. The number of nitrogens with one attached hydrogen (secondary N) is 1. The molecule has 2 aliphatic rings. The van der Waals surface area contributed by atoms with Gasteiger partial charge >= 0.3 is 4.87 Å². The van der Waals surface area contributed by atoms with E-state index in [1.807, 2.05) is 25.1 Å². The van der Waals surface area contributed by atoms with E-state index in [0.29, 0.717) is 32.6 Å². The SMILES string of the molecule is COc1ccc(N2C(=O)[C@H]3[C@H](c4ccc(F)cc4)c4sc(=O)n(CC(=O)Nc5ccccc5C)c4S[C@H]3C2=O)cc1. The van der Waals surface area contributed by atoms with E-state index in [4.69, 9.17) is 4.74 Å². The van der Waals surface area contributed by atoms with E-state index in [1.165, 1.54) is 28.7 Å². The van der Waals surface area contributed by atoms with Crippen LogP contribution in [-0.4, -0.2) is 34.6 Å². The Morgan fingerprint density at radius 1 is 0.976 bits per heavy atom. The summed E-state index contributed by atoms with van der Waals surface area (Å²) in [6.07, 6.45) is 0. The Morgan fingerprint density at radius 3 is 2.37 bits per heavy atom.